The summed E-state index contributed by atoms with van der Waals surface area (Å²) in [5.41, 5.74) is 0. The zero-order valence-electron chi connectivity index (χ0n) is 8.57. The number of carbonyl (C=O) groups is 1. The largest absolute Gasteiger partial charge is 0.444 e. The van der Waals surface area contributed by atoms with Gasteiger partial charge in [0, 0.05) is 6.54 Å². The molecule has 1 saturated heterocycles. The summed E-state index contributed by atoms with van der Waals surface area (Å²) in [7, 11) is 0. The SMILES string of the molecule is O=C(NCC1COCCO1)c1ccc(Br)o1. The molecule has 0 saturated carbocycles. The molecule has 1 N–H and O–H groups in total. The molecule has 0 bridgehead atoms. The minimum atomic E-state index is -0.250. The lowest BCUT2D eigenvalue weighted by molar-refractivity contribution is -0.0856. The number of hydrogen-bond acceptors (Lipinski definition) is 4. The van der Waals surface area contributed by atoms with Crippen molar-refractivity contribution in [2.75, 3.05) is 26.4 Å². The fourth-order valence-corrected chi connectivity index (χ4v) is 1.69. The van der Waals surface area contributed by atoms with Crippen LogP contribution >= 0.6 is 15.9 Å². The molecule has 1 amide bonds. The first-order chi connectivity index (χ1) is 7.75. The van der Waals surface area contributed by atoms with E-state index in [0.29, 0.717) is 31.0 Å². The lowest BCUT2D eigenvalue weighted by atomic mass is 10.3. The molecule has 2 rings (SSSR count). The molecule has 16 heavy (non-hydrogen) atoms. The van der Waals surface area contributed by atoms with E-state index in [1.54, 1.807) is 12.1 Å². The highest BCUT2D eigenvalue weighted by molar-refractivity contribution is 9.10. The molecule has 6 heteroatoms. The van der Waals surface area contributed by atoms with E-state index >= 15 is 0 Å². The van der Waals surface area contributed by atoms with Crippen molar-refractivity contribution in [3.05, 3.63) is 22.6 Å². The first kappa shape index (κ1) is 11.6. The lowest BCUT2D eigenvalue weighted by Gasteiger charge is -2.22. The van der Waals surface area contributed by atoms with Gasteiger partial charge >= 0.3 is 0 Å². The normalized spacial score (nSPS) is 20.7. The Kier molecular flexibility index (Phi) is 3.98. The van der Waals surface area contributed by atoms with Crippen LogP contribution in [-0.2, 0) is 9.47 Å². The molecule has 0 aromatic carbocycles. The molecule has 1 unspecified atom stereocenters. The first-order valence-electron chi connectivity index (χ1n) is 4.98. The van der Waals surface area contributed by atoms with Crippen molar-refractivity contribution in [2.24, 2.45) is 0 Å². The molecule has 88 valence electrons. The van der Waals surface area contributed by atoms with Crippen molar-refractivity contribution in [2.45, 2.75) is 6.10 Å². The van der Waals surface area contributed by atoms with E-state index in [9.17, 15) is 4.79 Å². The second-order valence-corrected chi connectivity index (χ2v) is 4.16. The van der Waals surface area contributed by atoms with E-state index in [2.05, 4.69) is 21.2 Å². The first-order valence-corrected chi connectivity index (χ1v) is 5.78. The summed E-state index contributed by atoms with van der Waals surface area (Å²) < 4.78 is 16.3. The maximum atomic E-state index is 11.6. The smallest absolute Gasteiger partial charge is 0.287 e. The maximum Gasteiger partial charge on any atom is 0.287 e. The van der Waals surface area contributed by atoms with E-state index in [1.165, 1.54) is 0 Å². The number of amides is 1. The van der Waals surface area contributed by atoms with Crippen LogP contribution in [0.15, 0.2) is 21.2 Å². The molecule has 1 aromatic rings. The summed E-state index contributed by atoms with van der Waals surface area (Å²) in [4.78, 5) is 11.6. The van der Waals surface area contributed by atoms with Crippen LogP contribution in [0.3, 0.4) is 0 Å². The minimum Gasteiger partial charge on any atom is -0.444 e. The summed E-state index contributed by atoms with van der Waals surface area (Å²) in [6, 6.07) is 3.28. The molecule has 0 radical (unpaired) electrons. The summed E-state index contributed by atoms with van der Waals surface area (Å²) in [5.74, 6) is 0.0310. The van der Waals surface area contributed by atoms with Crippen LogP contribution in [0, 0.1) is 0 Å². The highest BCUT2D eigenvalue weighted by Gasteiger charge is 2.16. The maximum absolute atomic E-state index is 11.6. The summed E-state index contributed by atoms with van der Waals surface area (Å²) in [6.45, 7) is 2.14. The van der Waals surface area contributed by atoms with Crippen molar-refractivity contribution in [3.8, 4) is 0 Å². The Morgan fingerprint density at radius 3 is 3.00 bits per heavy atom. The topological polar surface area (TPSA) is 60.7 Å². The Balaban J connectivity index is 1.79. The van der Waals surface area contributed by atoms with E-state index in [0.717, 1.165) is 0 Å². The number of ether oxygens (including phenoxy) is 2. The van der Waals surface area contributed by atoms with Gasteiger partial charge in [-0.05, 0) is 28.1 Å². The second kappa shape index (κ2) is 5.47. The Morgan fingerprint density at radius 1 is 1.50 bits per heavy atom. The molecule has 1 atom stereocenters. The van der Waals surface area contributed by atoms with Gasteiger partial charge < -0.3 is 19.2 Å². The molecule has 1 aliphatic heterocycles. The Labute approximate surface area is 101 Å². The van der Waals surface area contributed by atoms with Crippen molar-refractivity contribution < 1.29 is 18.7 Å². The molecule has 0 aliphatic carbocycles. The zero-order valence-corrected chi connectivity index (χ0v) is 10.2. The fourth-order valence-electron chi connectivity index (χ4n) is 1.38. The molecule has 1 aromatic heterocycles. The van der Waals surface area contributed by atoms with Crippen LogP contribution in [0.4, 0.5) is 0 Å². The fraction of sp³-hybridized carbons (Fsp3) is 0.500. The third kappa shape index (κ3) is 3.07. The average Bonchev–Trinajstić information content (AvgIpc) is 2.74. The molecule has 1 fully saturated rings. The second-order valence-electron chi connectivity index (χ2n) is 3.38. The molecule has 1 aliphatic rings. The van der Waals surface area contributed by atoms with E-state index in [4.69, 9.17) is 13.9 Å². The number of furan rings is 1. The Hall–Kier alpha value is -0.850. The Morgan fingerprint density at radius 2 is 2.38 bits per heavy atom. The number of halogens is 1. The molecule has 0 spiro atoms. The van der Waals surface area contributed by atoms with Gasteiger partial charge in [-0.2, -0.15) is 0 Å². The van der Waals surface area contributed by atoms with Gasteiger partial charge in [-0.1, -0.05) is 0 Å². The van der Waals surface area contributed by atoms with Crippen molar-refractivity contribution >= 4 is 21.8 Å². The van der Waals surface area contributed by atoms with Crippen molar-refractivity contribution in [1.82, 2.24) is 5.32 Å². The zero-order chi connectivity index (χ0) is 11.4. The molecular weight excluding hydrogens is 278 g/mol. The molecule has 5 nitrogen and oxygen atoms in total. The Bertz CT molecular complexity index is 359. The van der Waals surface area contributed by atoms with Crippen LogP contribution in [-0.4, -0.2) is 38.4 Å². The molecule has 2 heterocycles. The molecular formula is C10H12BrNO4. The summed E-state index contributed by atoms with van der Waals surface area (Å²) >= 11 is 3.14. The summed E-state index contributed by atoms with van der Waals surface area (Å²) in [5, 5.41) is 2.72. The monoisotopic (exact) mass is 289 g/mol. The van der Waals surface area contributed by atoms with Gasteiger partial charge in [-0.15, -0.1) is 0 Å². The van der Waals surface area contributed by atoms with Gasteiger partial charge in [-0.3, -0.25) is 4.79 Å². The van der Waals surface area contributed by atoms with Crippen molar-refractivity contribution in [1.29, 1.82) is 0 Å². The van der Waals surface area contributed by atoms with Gasteiger partial charge in [0.25, 0.3) is 5.91 Å². The van der Waals surface area contributed by atoms with Gasteiger partial charge in [-0.25, -0.2) is 0 Å². The van der Waals surface area contributed by atoms with Crippen LogP contribution in [0.1, 0.15) is 10.6 Å². The van der Waals surface area contributed by atoms with Crippen LogP contribution in [0.2, 0.25) is 0 Å². The number of carbonyl (C=O) groups excluding carboxylic acids is 1. The van der Waals surface area contributed by atoms with E-state index in [1.807, 2.05) is 0 Å². The third-order valence-corrected chi connectivity index (χ3v) is 2.60. The summed E-state index contributed by atoms with van der Waals surface area (Å²) in [6.07, 6.45) is -0.0731. The average molecular weight is 290 g/mol. The van der Waals surface area contributed by atoms with Crippen LogP contribution in [0.25, 0.3) is 0 Å². The van der Waals surface area contributed by atoms with Crippen LogP contribution < -0.4 is 5.32 Å². The highest BCUT2D eigenvalue weighted by Crippen LogP contribution is 2.13. The quantitative estimate of drug-likeness (QED) is 0.908. The van der Waals surface area contributed by atoms with Gasteiger partial charge in [0.1, 0.15) is 0 Å². The van der Waals surface area contributed by atoms with Gasteiger partial charge in [0.05, 0.1) is 25.9 Å². The van der Waals surface area contributed by atoms with E-state index in [-0.39, 0.29) is 17.8 Å². The van der Waals surface area contributed by atoms with Crippen molar-refractivity contribution in [3.63, 3.8) is 0 Å². The van der Waals surface area contributed by atoms with Crippen LogP contribution in [0.5, 0.6) is 0 Å². The number of nitrogens with one attached hydrogen (secondary N) is 1. The van der Waals surface area contributed by atoms with Gasteiger partial charge in [0.15, 0.2) is 10.4 Å². The number of hydrogen-bond donors (Lipinski definition) is 1. The predicted octanol–water partition coefficient (Wildman–Crippen LogP) is 1.19. The predicted molar refractivity (Wildman–Crippen MR) is 59.3 cm³/mol. The van der Waals surface area contributed by atoms with Gasteiger partial charge in [0.2, 0.25) is 0 Å². The lowest BCUT2D eigenvalue weighted by Crippen LogP contribution is -2.39. The standard InChI is InChI=1S/C10H12BrNO4/c11-9-2-1-8(16-9)10(13)12-5-7-6-14-3-4-15-7/h1-2,7H,3-6H2,(H,12,13). The number of rotatable bonds is 3. The minimum absolute atomic E-state index is 0.0731. The highest BCUT2D eigenvalue weighted by atomic mass is 79.9. The third-order valence-electron chi connectivity index (χ3n) is 2.17. The van der Waals surface area contributed by atoms with E-state index < -0.39 is 0 Å².